The van der Waals surface area contributed by atoms with Gasteiger partial charge < -0.3 is 9.47 Å². The normalized spacial score (nSPS) is 10.8. The summed E-state index contributed by atoms with van der Waals surface area (Å²) in [5, 5.41) is 12.3. The summed E-state index contributed by atoms with van der Waals surface area (Å²) < 4.78 is 11.4. The van der Waals surface area contributed by atoms with Crippen LogP contribution in [0.5, 0.6) is 11.5 Å². The molecule has 8 nitrogen and oxygen atoms in total. The standard InChI is InChI=1S/C24H21N3O5S/c1-15-9-10-18-22(11-15)33-24(25-18)26(14-16-7-5-4-6-8-16)23(28)17-12-20(31-2)21(32-3)13-19(17)27(29)30/h4-13H,14H2,1-3H3. The molecule has 0 aliphatic rings. The molecule has 0 radical (unpaired) electrons. The van der Waals surface area contributed by atoms with Crippen LogP contribution in [0, 0.1) is 17.0 Å². The molecule has 0 N–H and O–H groups in total. The average molecular weight is 464 g/mol. The van der Waals surface area contributed by atoms with Gasteiger partial charge in [-0.25, -0.2) is 4.98 Å². The van der Waals surface area contributed by atoms with Crippen molar-refractivity contribution >= 4 is 38.3 Å². The third kappa shape index (κ3) is 4.49. The van der Waals surface area contributed by atoms with E-state index < -0.39 is 10.8 Å². The number of rotatable bonds is 7. The molecule has 0 fully saturated rings. The topological polar surface area (TPSA) is 94.8 Å². The lowest BCUT2D eigenvalue weighted by atomic mass is 10.1. The Kier molecular flexibility index (Phi) is 6.23. The number of anilines is 1. The molecule has 0 unspecified atom stereocenters. The largest absolute Gasteiger partial charge is 0.493 e. The zero-order valence-electron chi connectivity index (χ0n) is 18.3. The minimum Gasteiger partial charge on any atom is -0.493 e. The molecule has 0 atom stereocenters. The first kappa shape index (κ1) is 22.2. The predicted molar refractivity (Wildman–Crippen MR) is 128 cm³/mol. The molecule has 0 bridgehead atoms. The van der Waals surface area contributed by atoms with Crippen molar-refractivity contribution in [1.29, 1.82) is 0 Å². The van der Waals surface area contributed by atoms with Crippen LogP contribution in [0.15, 0.2) is 60.7 Å². The third-order valence-electron chi connectivity index (χ3n) is 5.12. The molecule has 4 rings (SSSR count). The van der Waals surface area contributed by atoms with E-state index in [-0.39, 0.29) is 29.3 Å². The van der Waals surface area contributed by atoms with Crippen LogP contribution in [0.25, 0.3) is 10.2 Å². The maximum absolute atomic E-state index is 13.8. The summed E-state index contributed by atoms with van der Waals surface area (Å²) in [6.07, 6.45) is 0. The van der Waals surface area contributed by atoms with Crippen molar-refractivity contribution < 1.29 is 19.2 Å². The fourth-order valence-electron chi connectivity index (χ4n) is 3.46. The Balaban J connectivity index is 1.86. The number of amides is 1. The Hall–Kier alpha value is -3.98. The summed E-state index contributed by atoms with van der Waals surface area (Å²) in [4.78, 5) is 31.1. The predicted octanol–water partition coefficient (Wildman–Crippen LogP) is 5.38. The minimum atomic E-state index is -0.600. The van der Waals surface area contributed by atoms with E-state index in [2.05, 4.69) is 4.98 Å². The van der Waals surface area contributed by atoms with Gasteiger partial charge in [0.15, 0.2) is 16.6 Å². The van der Waals surface area contributed by atoms with Crippen molar-refractivity contribution in [3.8, 4) is 11.5 Å². The van der Waals surface area contributed by atoms with Crippen LogP contribution in [0.2, 0.25) is 0 Å². The van der Waals surface area contributed by atoms with Crippen LogP contribution >= 0.6 is 11.3 Å². The maximum Gasteiger partial charge on any atom is 0.286 e. The molecule has 0 aliphatic heterocycles. The molecule has 0 saturated carbocycles. The molecule has 4 aromatic rings. The summed E-state index contributed by atoms with van der Waals surface area (Å²) in [6, 6.07) is 17.8. The lowest BCUT2D eigenvalue weighted by Gasteiger charge is -2.21. The first-order valence-corrected chi connectivity index (χ1v) is 10.9. The lowest BCUT2D eigenvalue weighted by molar-refractivity contribution is -0.385. The summed E-state index contributed by atoms with van der Waals surface area (Å²) in [5.74, 6) is -0.154. The number of aromatic nitrogens is 1. The number of carbonyl (C=O) groups excluding carboxylic acids is 1. The molecule has 1 aromatic heterocycles. The van der Waals surface area contributed by atoms with Crippen molar-refractivity contribution in [1.82, 2.24) is 4.98 Å². The first-order valence-electron chi connectivity index (χ1n) is 10.0. The van der Waals surface area contributed by atoms with E-state index in [0.29, 0.717) is 5.13 Å². The summed E-state index contributed by atoms with van der Waals surface area (Å²) in [5.41, 5.74) is 2.23. The van der Waals surface area contributed by atoms with Crippen molar-refractivity contribution in [2.24, 2.45) is 0 Å². The highest BCUT2D eigenvalue weighted by Gasteiger charge is 2.30. The Morgan fingerprint density at radius 1 is 1.06 bits per heavy atom. The van der Waals surface area contributed by atoms with Crippen LogP contribution in [0.4, 0.5) is 10.8 Å². The zero-order valence-corrected chi connectivity index (χ0v) is 19.1. The number of benzene rings is 3. The number of nitrogens with zero attached hydrogens (tertiary/aromatic N) is 3. The van der Waals surface area contributed by atoms with E-state index >= 15 is 0 Å². The molecular formula is C24H21N3O5S. The number of thiazole rings is 1. The van der Waals surface area contributed by atoms with Gasteiger partial charge in [0, 0.05) is 6.07 Å². The summed E-state index contributed by atoms with van der Waals surface area (Å²) in [7, 11) is 2.80. The number of aryl methyl sites for hydroxylation is 1. The Labute approximate surface area is 194 Å². The zero-order chi connectivity index (χ0) is 23.5. The highest BCUT2D eigenvalue weighted by atomic mass is 32.1. The molecule has 1 heterocycles. The van der Waals surface area contributed by atoms with E-state index in [0.717, 1.165) is 21.3 Å². The van der Waals surface area contributed by atoms with Gasteiger partial charge in [-0.2, -0.15) is 0 Å². The smallest absolute Gasteiger partial charge is 0.286 e. The van der Waals surface area contributed by atoms with Gasteiger partial charge in [0.05, 0.1) is 42.0 Å². The fourth-order valence-corrected chi connectivity index (χ4v) is 4.52. The Morgan fingerprint density at radius 3 is 2.42 bits per heavy atom. The molecular weight excluding hydrogens is 442 g/mol. The maximum atomic E-state index is 13.8. The third-order valence-corrected chi connectivity index (χ3v) is 6.16. The van der Waals surface area contributed by atoms with E-state index in [1.807, 2.05) is 55.5 Å². The number of methoxy groups -OCH3 is 2. The second-order valence-electron chi connectivity index (χ2n) is 7.33. The van der Waals surface area contributed by atoms with Gasteiger partial charge in [0.25, 0.3) is 11.6 Å². The number of nitro groups is 1. The fraction of sp³-hybridized carbons (Fsp3) is 0.167. The second-order valence-corrected chi connectivity index (χ2v) is 8.34. The number of carbonyl (C=O) groups is 1. The van der Waals surface area contributed by atoms with Crippen molar-refractivity contribution in [2.45, 2.75) is 13.5 Å². The molecule has 0 saturated heterocycles. The van der Waals surface area contributed by atoms with Gasteiger partial charge in [-0.15, -0.1) is 0 Å². The lowest BCUT2D eigenvalue weighted by Crippen LogP contribution is -2.31. The highest BCUT2D eigenvalue weighted by Crippen LogP contribution is 2.37. The van der Waals surface area contributed by atoms with E-state index in [4.69, 9.17) is 9.47 Å². The molecule has 9 heteroatoms. The van der Waals surface area contributed by atoms with Crippen LogP contribution in [-0.2, 0) is 6.54 Å². The number of hydrogen-bond donors (Lipinski definition) is 0. The molecule has 168 valence electrons. The van der Waals surface area contributed by atoms with Gasteiger partial charge in [-0.05, 0) is 30.2 Å². The number of nitro benzene ring substituents is 1. The van der Waals surface area contributed by atoms with Gasteiger partial charge in [0.1, 0.15) is 5.56 Å². The molecule has 3 aromatic carbocycles. The molecule has 33 heavy (non-hydrogen) atoms. The number of hydrogen-bond acceptors (Lipinski definition) is 7. The average Bonchev–Trinajstić information content (AvgIpc) is 3.24. The van der Waals surface area contributed by atoms with E-state index in [9.17, 15) is 14.9 Å². The van der Waals surface area contributed by atoms with Crippen LogP contribution in [0.3, 0.4) is 0 Å². The molecule has 0 spiro atoms. The Morgan fingerprint density at radius 2 is 1.76 bits per heavy atom. The van der Waals surface area contributed by atoms with Gasteiger partial charge in [-0.1, -0.05) is 47.7 Å². The van der Waals surface area contributed by atoms with Crippen molar-refractivity contribution in [2.75, 3.05) is 19.1 Å². The minimum absolute atomic E-state index is 0.107. The SMILES string of the molecule is COc1cc(C(=O)N(Cc2ccccc2)c2nc3ccc(C)cc3s2)c([N+](=O)[O-])cc1OC. The van der Waals surface area contributed by atoms with E-state index in [1.165, 1.54) is 42.6 Å². The first-order chi connectivity index (χ1) is 15.9. The summed E-state index contributed by atoms with van der Waals surface area (Å²) >= 11 is 1.36. The van der Waals surface area contributed by atoms with Gasteiger partial charge >= 0.3 is 0 Å². The van der Waals surface area contributed by atoms with Crippen LogP contribution < -0.4 is 14.4 Å². The van der Waals surface area contributed by atoms with Crippen molar-refractivity contribution in [3.63, 3.8) is 0 Å². The van der Waals surface area contributed by atoms with E-state index in [1.54, 1.807) is 0 Å². The molecule has 1 amide bonds. The summed E-state index contributed by atoms with van der Waals surface area (Å²) in [6.45, 7) is 2.18. The van der Waals surface area contributed by atoms with Crippen molar-refractivity contribution in [3.05, 3.63) is 87.5 Å². The van der Waals surface area contributed by atoms with Gasteiger partial charge in [0.2, 0.25) is 0 Å². The number of ether oxygens (including phenoxy) is 2. The second kappa shape index (κ2) is 9.25. The van der Waals surface area contributed by atoms with Crippen LogP contribution in [0.1, 0.15) is 21.5 Å². The Bertz CT molecular complexity index is 1340. The quantitative estimate of drug-likeness (QED) is 0.270. The number of fused-ring (bicyclic) bond motifs is 1. The molecule has 0 aliphatic carbocycles. The van der Waals surface area contributed by atoms with Crippen LogP contribution in [-0.4, -0.2) is 30.0 Å². The van der Waals surface area contributed by atoms with Gasteiger partial charge in [-0.3, -0.25) is 19.8 Å². The highest BCUT2D eigenvalue weighted by molar-refractivity contribution is 7.22. The monoisotopic (exact) mass is 463 g/mol.